The average molecular weight is 368 g/mol. The van der Waals surface area contributed by atoms with Crippen molar-refractivity contribution in [2.24, 2.45) is 5.92 Å². The highest BCUT2D eigenvalue weighted by Crippen LogP contribution is 2.30. The van der Waals surface area contributed by atoms with Gasteiger partial charge >= 0.3 is 6.03 Å². The lowest BCUT2D eigenvalue weighted by atomic mass is 10.1. The predicted octanol–water partition coefficient (Wildman–Crippen LogP) is 3.00. The zero-order valence-corrected chi connectivity index (χ0v) is 15.5. The molecule has 0 aliphatic heterocycles. The minimum absolute atomic E-state index is 0.0825. The number of urea groups is 1. The molecule has 1 aromatic carbocycles. The number of hydrogen-bond donors (Lipinski definition) is 3. The highest BCUT2D eigenvalue weighted by atomic mass is 16.5. The Hall–Kier alpha value is -3.09. The van der Waals surface area contributed by atoms with Crippen molar-refractivity contribution in [1.82, 2.24) is 15.6 Å². The quantitative estimate of drug-likeness (QED) is 0.700. The van der Waals surface area contributed by atoms with Gasteiger partial charge in [-0.15, -0.1) is 0 Å². The molecular formula is C20H24N4O3. The van der Waals surface area contributed by atoms with Crippen LogP contribution in [0.3, 0.4) is 0 Å². The summed E-state index contributed by atoms with van der Waals surface area (Å²) in [5.41, 5.74) is 2.53. The summed E-state index contributed by atoms with van der Waals surface area (Å²) in [6.45, 7) is 2.23. The molecule has 7 heteroatoms. The minimum atomic E-state index is -0.278. The third-order valence-electron chi connectivity index (χ3n) is 4.46. The number of benzene rings is 1. The lowest BCUT2D eigenvalue weighted by molar-refractivity contribution is -0.117. The Morgan fingerprint density at radius 2 is 1.96 bits per heavy atom. The second kappa shape index (κ2) is 8.53. The molecule has 1 aliphatic carbocycles. The van der Waals surface area contributed by atoms with Crippen LogP contribution in [0.2, 0.25) is 0 Å². The molecule has 1 heterocycles. The first-order valence-electron chi connectivity index (χ1n) is 9.00. The van der Waals surface area contributed by atoms with E-state index in [1.54, 1.807) is 19.4 Å². The average Bonchev–Trinajstić information content (AvgIpc) is 3.52. The van der Waals surface area contributed by atoms with E-state index in [1.165, 1.54) is 0 Å². The van der Waals surface area contributed by atoms with E-state index in [-0.39, 0.29) is 23.9 Å². The molecule has 1 aromatic heterocycles. The lowest BCUT2D eigenvalue weighted by Crippen LogP contribution is -2.36. The number of amides is 3. The van der Waals surface area contributed by atoms with Crippen molar-refractivity contribution in [3.05, 3.63) is 53.7 Å². The first-order valence-corrected chi connectivity index (χ1v) is 9.00. The van der Waals surface area contributed by atoms with Crippen LogP contribution in [0.25, 0.3) is 0 Å². The molecule has 1 saturated carbocycles. The van der Waals surface area contributed by atoms with Gasteiger partial charge in [-0.3, -0.25) is 4.79 Å². The number of nitrogens with one attached hydrogen (secondary N) is 3. The summed E-state index contributed by atoms with van der Waals surface area (Å²) in [6, 6.07) is 10.7. The summed E-state index contributed by atoms with van der Waals surface area (Å²) >= 11 is 0. The van der Waals surface area contributed by atoms with Gasteiger partial charge in [0.15, 0.2) is 0 Å². The lowest BCUT2D eigenvalue weighted by Gasteiger charge is -2.16. The van der Waals surface area contributed by atoms with Crippen molar-refractivity contribution in [2.45, 2.75) is 32.4 Å². The number of ether oxygens (including phenoxy) is 1. The first-order chi connectivity index (χ1) is 13.1. The Kier molecular flexibility index (Phi) is 5.90. The van der Waals surface area contributed by atoms with Crippen LogP contribution in [0, 0.1) is 5.92 Å². The van der Waals surface area contributed by atoms with Crippen molar-refractivity contribution in [2.75, 3.05) is 12.4 Å². The Bertz CT molecular complexity index is 803. The van der Waals surface area contributed by atoms with E-state index in [1.807, 2.05) is 37.3 Å². The molecule has 27 heavy (non-hydrogen) atoms. The number of aromatic nitrogens is 1. The maximum atomic E-state index is 12.2. The molecular weight excluding hydrogens is 344 g/mol. The Morgan fingerprint density at radius 3 is 2.63 bits per heavy atom. The highest BCUT2D eigenvalue weighted by molar-refractivity contribution is 5.94. The van der Waals surface area contributed by atoms with Crippen molar-refractivity contribution in [3.8, 4) is 5.88 Å². The fourth-order valence-corrected chi connectivity index (χ4v) is 2.69. The molecule has 3 amide bonds. The van der Waals surface area contributed by atoms with Crippen molar-refractivity contribution in [1.29, 1.82) is 0 Å². The first kappa shape index (κ1) is 18.7. The van der Waals surface area contributed by atoms with Crippen LogP contribution in [0.4, 0.5) is 10.5 Å². The third kappa shape index (κ3) is 5.20. The number of nitrogens with zero attached hydrogens (tertiary/aromatic N) is 1. The van der Waals surface area contributed by atoms with Crippen LogP contribution in [-0.4, -0.2) is 24.0 Å². The SMILES string of the molecule is COc1ncccc1CNC(=O)N[C@@H](C)c1ccc(NC(=O)C2CC2)cc1. The van der Waals surface area contributed by atoms with Crippen molar-refractivity contribution < 1.29 is 14.3 Å². The number of anilines is 1. The van der Waals surface area contributed by atoms with Crippen LogP contribution in [0.15, 0.2) is 42.6 Å². The molecule has 7 nitrogen and oxygen atoms in total. The fraction of sp³-hybridized carbons (Fsp3) is 0.350. The van der Waals surface area contributed by atoms with Crippen LogP contribution in [-0.2, 0) is 11.3 Å². The Morgan fingerprint density at radius 1 is 1.22 bits per heavy atom. The summed E-state index contributed by atoms with van der Waals surface area (Å²) in [6.07, 6.45) is 3.59. The molecule has 3 N–H and O–H groups in total. The van der Waals surface area contributed by atoms with E-state index in [0.29, 0.717) is 12.4 Å². The van der Waals surface area contributed by atoms with Crippen LogP contribution >= 0.6 is 0 Å². The van der Waals surface area contributed by atoms with Crippen molar-refractivity contribution >= 4 is 17.6 Å². The van der Waals surface area contributed by atoms with Gasteiger partial charge < -0.3 is 20.7 Å². The van der Waals surface area contributed by atoms with E-state index >= 15 is 0 Å². The highest BCUT2D eigenvalue weighted by Gasteiger charge is 2.29. The van der Waals surface area contributed by atoms with Gasteiger partial charge in [-0.25, -0.2) is 9.78 Å². The summed E-state index contributed by atoms with van der Waals surface area (Å²) in [5.74, 6) is 0.751. The molecule has 142 valence electrons. The topological polar surface area (TPSA) is 92.3 Å². The van der Waals surface area contributed by atoms with E-state index in [9.17, 15) is 9.59 Å². The zero-order chi connectivity index (χ0) is 19.2. The van der Waals surface area contributed by atoms with Gasteiger partial charge in [0.2, 0.25) is 11.8 Å². The van der Waals surface area contributed by atoms with Crippen LogP contribution in [0.1, 0.15) is 36.9 Å². The molecule has 0 spiro atoms. The zero-order valence-electron chi connectivity index (χ0n) is 15.5. The van der Waals surface area contributed by atoms with Gasteiger partial charge in [0.25, 0.3) is 0 Å². The van der Waals surface area contributed by atoms with Gasteiger partial charge in [-0.2, -0.15) is 0 Å². The smallest absolute Gasteiger partial charge is 0.315 e. The van der Waals surface area contributed by atoms with Gasteiger partial charge in [-0.1, -0.05) is 18.2 Å². The Labute approximate surface area is 158 Å². The molecule has 3 rings (SSSR count). The van der Waals surface area contributed by atoms with Gasteiger partial charge in [0.1, 0.15) is 0 Å². The minimum Gasteiger partial charge on any atom is -0.481 e. The molecule has 1 fully saturated rings. The maximum absolute atomic E-state index is 12.2. The number of carbonyl (C=O) groups excluding carboxylic acids is 2. The fourth-order valence-electron chi connectivity index (χ4n) is 2.69. The predicted molar refractivity (Wildman–Crippen MR) is 102 cm³/mol. The van der Waals surface area contributed by atoms with E-state index in [0.717, 1.165) is 29.7 Å². The number of pyridine rings is 1. The number of methoxy groups -OCH3 is 1. The monoisotopic (exact) mass is 368 g/mol. The Balaban J connectivity index is 1.49. The molecule has 0 unspecified atom stereocenters. The molecule has 1 aliphatic rings. The van der Waals surface area contributed by atoms with E-state index < -0.39 is 0 Å². The summed E-state index contributed by atoms with van der Waals surface area (Å²) < 4.78 is 5.17. The van der Waals surface area contributed by atoms with E-state index in [2.05, 4.69) is 20.9 Å². The van der Waals surface area contributed by atoms with Crippen LogP contribution in [0.5, 0.6) is 5.88 Å². The molecule has 0 radical (unpaired) electrons. The van der Waals surface area contributed by atoms with Gasteiger partial charge in [0.05, 0.1) is 13.2 Å². The number of rotatable bonds is 7. The van der Waals surface area contributed by atoms with E-state index in [4.69, 9.17) is 4.74 Å². The standard InChI is InChI=1S/C20H24N4O3/c1-13(14-7-9-17(10-8-14)24-18(25)15-5-6-15)23-20(26)22-12-16-4-3-11-21-19(16)27-2/h3-4,7-11,13,15H,5-6,12H2,1-2H3,(H,24,25)(H2,22,23,26)/t13-/m0/s1. The van der Waals surface area contributed by atoms with Gasteiger partial charge in [-0.05, 0) is 43.5 Å². The molecule has 0 bridgehead atoms. The summed E-state index contributed by atoms with van der Waals surface area (Å²) in [7, 11) is 1.55. The summed E-state index contributed by atoms with van der Waals surface area (Å²) in [4.78, 5) is 28.0. The molecule has 2 aromatic rings. The van der Waals surface area contributed by atoms with Crippen molar-refractivity contribution in [3.63, 3.8) is 0 Å². The normalized spacial score (nSPS) is 14.1. The second-order valence-corrected chi connectivity index (χ2v) is 6.61. The van der Waals surface area contributed by atoms with Gasteiger partial charge in [0, 0.05) is 29.9 Å². The second-order valence-electron chi connectivity index (χ2n) is 6.61. The van der Waals surface area contributed by atoms with Crippen LogP contribution < -0.4 is 20.7 Å². The summed E-state index contributed by atoms with van der Waals surface area (Å²) in [5, 5.41) is 8.60. The molecule has 0 saturated heterocycles. The number of carbonyl (C=O) groups is 2. The third-order valence-corrected chi connectivity index (χ3v) is 4.46. The largest absolute Gasteiger partial charge is 0.481 e. The maximum Gasteiger partial charge on any atom is 0.315 e. The number of hydrogen-bond acceptors (Lipinski definition) is 4. The molecule has 1 atom stereocenters.